The van der Waals surface area contributed by atoms with Gasteiger partial charge in [0, 0.05) is 10.6 Å². The number of rotatable bonds is 2. The van der Waals surface area contributed by atoms with Gasteiger partial charge in [0.25, 0.3) is 0 Å². The van der Waals surface area contributed by atoms with Gasteiger partial charge in [0.2, 0.25) is 0 Å². The van der Waals surface area contributed by atoms with Crippen LogP contribution in [0.2, 0.25) is 5.02 Å². The van der Waals surface area contributed by atoms with Gasteiger partial charge in [-0.15, -0.1) is 0 Å². The first kappa shape index (κ1) is 11.4. The van der Waals surface area contributed by atoms with Crippen LogP contribution in [0, 0.1) is 5.82 Å². The molecule has 14 heavy (non-hydrogen) atoms. The zero-order valence-corrected chi connectivity index (χ0v) is 9.01. The summed E-state index contributed by atoms with van der Waals surface area (Å²) in [6.45, 7) is 0. The van der Waals surface area contributed by atoms with Gasteiger partial charge in [-0.1, -0.05) is 11.6 Å². The molecule has 1 aromatic carbocycles. The SMILES string of the molecule is O=C(O)C(O)c1c(Cl)ccc(F)c1Br. The Hall–Kier alpha value is -0.650. The molecular weight excluding hydrogens is 278 g/mol. The Morgan fingerprint density at radius 3 is 2.64 bits per heavy atom. The fourth-order valence-electron chi connectivity index (χ4n) is 0.917. The zero-order chi connectivity index (χ0) is 10.9. The van der Waals surface area contributed by atoms with Gasteiger partial charge in [-0.05, 0) is 28.1 Å². The lowest BCUT2D eigenvalue weighted by Crippen LogP contribution is -2.12. The number of carboxylic acids is 1. The number of aliphatic carboxylic acids is 1. The van der Waals surface area contributed by atoms with Crippen molar-refractivity contribution in [1.29, 1.82) is 0 Å². The van der Waals surface area contributed by atoms with E-state index in [-0.39, 0.29) is 15.1 Å². The van der Waals surface area contributed by atoms with Crippen molar-refractivity contribution in [2.24, 2.45) is 0 Å². The Labute approximate surface area is 92.2 Å². The Morgan fingerprint density at radius 2 is 2.14 bits per heavy atom. The third-order valence-electron chi connectivity index (χ3n) is 1.59. The number of carboxylic acid groups (broad SMARTS) is 1. The highest BCUT2D eigenvalue weighted by Crippen LogP contribution is 2.32. The number of carbonyl (C=O) groups is 1. The lowest BCUT2D eigenvalue weighted by Gasteiger charge is -2.10. The van der Waals surface area contributed by atoms with E-state index in [1.807, 2.05) is 0 Å². The first-order chi connectivity index (χ1) is 6.45. The molecule has 0 aliphatic rings. The fourth-order valence-corrected chi connectivity index (χ4v) is 1.85. The second-order valence-electron chi connectivity index (χ2n) is 2.50. The van der Waals surface area contributed by atoms with Crippen LogP contribution in [0.4, 0.5) is 4.39 Å². The van der Waals surface area contributed by atoms with Gasteiger partial charge >= 0.3 is 5.97 Å². The molecule has 0 saturated heterocycles. The molecule has 0 aliphatic carbocycles. The van der Waals surface area contributed by atoms with E-state index in [0.29, 0.717) is 0 Å². The standard InChI is InChI=1S/C8H5BrClFO3/c9-6-4(11)2-1-3(10)5(6)7(12)8(13)14/h1-2,7,12H,(H,13,14). The minimum absolute atomic E-state index is 0.00632. The number of aliphatic hydroxyl groups excluding tert-OH is 1. The number of hydrogen-bond acceptors (Lipinski definition) is 2. The largest absolute Gasteiger partial charge is 0.479 e. The van der Waals surface area contributed by atoms with Crippen LogP contribution < -0.4 is 0 Å². The average molecular weight is 283 g/mol. The van der Waals surface area contributed by atoms with E-state index >= 15 is 0 Å². The molecule has 0 bridgehead atoms. The molecule has 0 saturated carbocycles. The molecule has 1 unspecified atom stereocenters. The van der Waals surface area contributed by atoms with Crippen molar-refractivity contribution in [3.8, 4) is 0 Å². The minimum atomic E-state index is -1.84. The summed E-state index contributed by atoms with van der Waals surface area (Å²) >= 11 is 8.44. The summed E-state index contributed by atoms with van der Waals surface area (Å²) in [4.78, 5) is 10.5. The number of aliphatic hydroxyl groups is 1. The second-order valence-corrected chi connectivity index (χ2v) is 3.70. The average Bonchev–Trinajstić information content (AvgIpc) is 2.12. The predicted octanol–water partition coefficient (Wildman–Crippen LogP) is 2.36. The summed E-state index contributed by atoms with van der Waals surface area (Å²) in [7, 11) is 0. The summed E-state index contributed by atoms with van der Waals surface area (Å²) in [6.07, 6.45) is -1.84. The molecule has 0 fully saturated rings. The molecule has 0 radical (unpaired) electrons. The van der Waals surface area contributed by atoms with Crippen LogP contribution in [0.25, 0.3) is 0 Å². The molecule has 0 aliphatic heterocycles. The van der Waals surface area contributed by atoms with E-state index < -0.39 is 17.9 Å². The maximum Gasteiger partial charge on any atom is 0.337 e. The quantitative estimate of drug-likeness (QED) is 0.819. The van der Waals surface area contributed by atoms with Gasteiger partial charge in [0.15, 0.2) is 6.10 Å². The van der Waals surface area contributed by atoms with Crippen LogP contribution in [-0.4, -0.2) is 16.2 Å². The Balaban J connectivity index is 3.32. The molecule has 2 N–H and O–H groups in total. The van der Waals surface area contributed by atoms with Gasteiger partial charge < -0.3 is 10.2 Å². The maximum atomic E-state index is 13.0. The first-order valence-corrected chi connectivity index (χ1v) is 4.66. The van der Waals surface area contributed by atoms with Gasteiger partial charge in [0.1, 0.15) is 5.82 Å². The normalized spacial score (nSPS) is 12.6. The number of hydrogen-bond donors (Lipinski definition) is 2. The molecule has 0 heterocycles. The van der Waals surface area contributed by atoms with Gasteiger partial charge in [-0.25, -0.2) is 9.18 Å². The van der Waals surface area contributed by atoms with Crippen molar-refractivity contribution >= 4 is 33.5 Å². The highest BCUT2D eigenvalue weighted by atomic mass is 79.9. The second kappa shape index (κ2) is 4.25. The highest BCUT2D eigenvalue weighted by Gasteiger charge is 2.23. The molecule has 0 spiro atoms. The highest BCUT2D eigenvalue weighted by molar-refractivity contribution is 9.10. The number of halogens is 3. The Kier molecular flexibility index (Phi) is 3.47. The van der Waals surface area contributed by atoms with Crippen molar-refractivity contribution in [2.45, 2.75) is 6.10 Å². The van der Waals surface area contributed by atoms with Crippen molar-refractivity contribution in [2.75, 3.05) is 0 Å². The summed E-state index contributed by atoms with van der Waals surface area (Å²) < 4.78 is 12.8. The van der Waals surface area contributed by atoms with Crippen molar-refractivity contribution in [3.63, 3.8) is 0 Å². The van der Waals surface area contributed by atoms with Crippen LogP contribution in [0.1, 0.15) is 11.7 Å². The molecule has 1 rings (SSSR count). The molecular formula is C8H5BrClFO3. The first-order valence-electron chi connectivity index (χ1n) is 3.49. The fraction of sp³-hybridized carbons (Fsp3) is 0.125. The molecule has 0 amide bonds. The Morgan fingerprint density at radius 1 is 1.57 bits per heavy atom. The van der Waals surface area contributed by atoms with E-state index in [0.717, 1.165) is 6.07 Å². The molecule has 76 valence electrons. The van der Waals surface area contributed by atoms with Crippen molar-refractivity contribution in [1.82, 2.24) is 0 Å². The third-order valence-corrected chi connectivity index (χ3v) is 2.72. The molecule has 6 heteroatoms. The van der Waals surface area contributed by atoms with Gasteiger partial charge in [0.05, 0.1) is 4.47 Å². The van der Waals surface area contributed by atoms with E-state index in [9.17, 15) is 14.3 Å². The third kappa shape index (κ3) is 2.05. The lowest BCUT2D eigenvalue weighted by atomic mass is 10.1. The summed E-state index contributed by atoms with van der Waals surface area (Å²) in [5, 5.41) is 17.7. The summed E-state index contributed by atoms with van der Waals surface area (Å²) in [5.41, 5.74) is -0.181. The van der Waals surface area contributed by atoms with E-state index in [1.54, 1.807) is 0 Å². The predicted molar refractivity (Wildman–Crippen MR) is 51.7 cm³/mol. The monoisotopic (exact) mass is 282 g/mol. The summed E-state index contributed by atoms with van der Waals surface area (Å²) in [6, 6.07) is 2.26. The minimum Gasteiger partial charge on any atom is -0.479 e. The lowest BCUT2D eigenvalue weighted by molar-refractivity contribution is -0.147. The zero-order valence-electron chi connectivity index (χ0n) is 6.67. The van der Waals surface area contributed by atoms with Crippen LogP contribution in [-0.2, 0) is 4.79 Å². The topological polar surface area (TPSA) is 57.5 Å². The van der Waals surface area contributed by atoms with Gasteiger partial charge in [-0.2, -0.15) is 0 Å². The van der Waals surface area contributed by atoms with Crippen LogP contribution >= 0.6 is 27.5 Å². The van der Waals surface area contributed by atoms with Crippen LogP contribution in [0.15, 0.2) is 16.6 Å². The molecule has 1 atom stereocenters. The van der Waals surface area contributed by atoms with Crippen LogP contribution in [0.3, 0.4) is 0 Å². The maximum absolute atomic E-state index is 13.0. The van der Waals surface area contributed by atoms with E-state index in [4.69, 9.17) is 16.7 Å². The number of benzene rings is 1. The smallest absolute Gasteiger partial charge is 0.337 e. The van der Waals surface area contributed by atoms with Gasteiger partial charge in [-0.3, -0.25) is 0 Å². The van der Waals surface area contributed by atoms with Crippen molar-refractivity contribution in [3.05, 3.63) is 33.0 Å². The molecule has 3 nitrogen and oxygen atoms in total. The van der Waals surface area contributed by atoms with E-state index in [1.165, 1.54) is 6.07 Å². The molecule has 1 aromatic rings. The van der Waals surface area contributed by atoms with Crippen molar-refractivity contribution < 1.29 is 19.4 Å². The molecule has 0 aromatic heterocycles. The summed E-state index contributed by atoms with van der Waals surface area (Å²) in [5.74, 6) is -2.16. The van der Waals surface area contributed by atoms with Crippen LogP contribution in [0.5, 0.6) is 0 Å². The Bertz CT molecular complexity index is 383. The van der Waals surface area contributed by atoms with E-state index in [2.05, 4.69) is 15.9 Å².